The van der Waals surface area contributed by atoms with Crippen LogP contribution >= 0.6 is 0 Å². The number of aromatic nitrogens is 2. The highest BCUT2D eigenvalue weighted by atomic mass is 16.5. The summed E-state index contributed by atoms with van der Waals surface area (Å²) in [6.45, 7) is 0.546. The average molecular weight is 341 g/mol. The molecule has 1 aliphatic heterocycles. The summed E-state index contributed by atoms with van der Waals surface area (Å²) in [4.78, 5) is 24.2. The van der Waals surface area contributed by atoms with Crippen molar-refractivity contribution in [3.05, 3.63) is 47.8 Å². The Morgan fingerprint density at radius 3 is 2.64 bits per heavy atom. The molecule has 1 aliphatic rings. The lowest BCUT2D eigenvalue weighted by Gasteiger charge is -2.08. The number of benzene rings is 1. The maximum absolute atomic E-state index is 12.2. The number of nitrogens with one attached hydrogen (secondary N) is 1. The van der Waals surface area contributed by atoms with Crippen molar-refractivity contribution in [3.63, 3.8) is 0 Å². The van der Waals surface area contributed by atoms with Gasteiger partial charge in [-0.2, -0.15) is 0 Å². The molecule has 1 atom stereocenters. The Balaban J connectivity index is 1.53. The zero-order valence-corrected chi connectivity index (χ0v) is 13.8. The summed E-state index contributed by atoms with van der Waals surface area (Å²) in [6, 6.07) is 8.28. The van der Waals surface area contributed by atoms with Gasteiger partial charge in [-0.1, -0.05) is 12.1 Å². The molecular weight excluding hydrogens is 322 g/mol. The number of anilines is 1. The van der Waals surface area contributed by atoms with Crippen molar-refractivity contribution in [2.75, 3.05) is 19.0 Å². The molecular formula is C17H19N5O3. The summed E-state index contributed by atoms with van der Waals surface area (Å²) in [7, 11) is 1.47. The third kappa shape index (κ3) is 4.43. The molecule has 25 heavy (non-hydrogen) atoms. The first kappa shape index (κ1) is 16.7. The van der Waals surface area contributed by atoms with Crippen LogP contribution in [-0.2, 0) is 11.2 Å². The fraction of sp³-hybridized carbons (Fsp3) is 0.294. The van der Waals surface area contributed by atoms with E-state index in [9.17, 15) is 4.79 Å². The van der Waals surface area contributed by atoms with Crippen LogP contribution in [0, 0.1) is 0 Å². The first-order chi connectivity index (χ1) is 12.1. The zero-order chi connectivity index (χ0) is 17.6. The molecule has 8 heteroatoms. The van der Waals surface area contributed by atoms with Crippen LogP contribution < -0.4 is 15.8 Å². The third-order valence-corrected chi connectivity index (χ3v) is 3.78. The lowest BCUT2D eigenvalue weighted by molar-refractivity contribution is 0.102. The number of amides is 1. The summed E-state index contributed by atoms with van der Waals surface area (Å²) in [6.07, 6.45) is 4.58. The summed E-state index contributed by atoms with van der Waals surface area (Å²) in [5, 5.41) is 2.81. The number of rotatable bonds is 6. The molecule has 1 aromatic heterocycles. The Morgan fingerprint density at radius 2 is 2.04 bits per heavy atom. The highest BCUT2D eigenvalue weighted by molar-refractivity contribution is 6.03. The fourth-order valence-corrected chi connectivity index (χ4v) is 2.41. The Bertz CT molecular complexity index is 759. The SMILES string of the molecule is COc1ncc(C(=O)Nc2ccc(CC[C@H]3COC(N)=N3)cc2)cn1. The van der Waals surface area contributed by atoms with E-state index in [-0.39, 0.29) is 24.0 Å². The van der Waals surface area contributed by atoms with Crippen molar-refractivity contribution >= 4 is 17.6 Å². The predicted octanol–water partition coefficient (Wildman–Crippen LogP) is 1.38. The average Bonchev–Trinajstić information content (AvgIpc) is 3.06. The van der Waals surface area contributed by atoms with Gasteiger partial charge in [-0.15, -0.1) is 0 Å². The third-order valence-electron chi connectivity index (χ3n) is 3.78. The van der Waals surface area contributed by atoms with Crippen molar-refractivity contribution in [3.8, 4) is 6.01 Å². The molecule has 2 heterocycles. The highest BCUT2D eigenvalue weighted by Gasteiger charge is 2.16. The van der Waals surface area contributed by atoms with Crippen molar-refractivity contribution in [1.29, 1.82) is 0 Å². The number of carbonyl (C=O) groups excluding carboxylic acids is 1. The van der Waals surface area contributed by atoms with Gasteiger partial charge in [0.15, 0.2) is 0 Å². The molecule has 0 radical (unpaired) electrons. The molecule has 0 spiro atoms. The summed E-state index contributed by atoms with van der Waals surface area (Å²) in [5.41, 5.74) is 7.72. The number of nitrogens with zero attached hydrogens (tertiary/aromatic N) is 3. The van der Waals surface area contributed by atoms with E-state index in [1.165, 1.54) is 19.5 Å². The van der Waals surface area contributed by atoms with Gasteiger partial charge in [0.25, 0.3) is 11.9 Å². The van der Waals surface area contributed by atoms with Gasteiger partial charge in [0.2, 0.25) is 0 Å². The number of hydrogen-bond donors (Lipinski definition) is 2. The summed E-state index contributed by atoms with van der Waals surface area (Å²) in [5.74, 6) is -0.275. The number of methoxy groups -OCH3 is 1. The maximum Gasteiger partial charge on any atom is 0.316 e. The molecule has 0 saturated heterocycles. The monoisotopic (exact) mass is 341 g/mol. The van der Waals surface area contributed by atoms with Gasteiger partial charge in [-0.3, -0.25) is 4.79 Å². The summed E-state index contributed by atoms with van der Waals surface area (Å²) < 4.78 is 10.0. The van der Waals surface area contributed by atoms with Crippen LogP contribution in [0.1, 0.15) is 22.3 Å². The molecule has 0 aliphatic carbocycles. The number of carbonyl (C=O) groups is 1. The van der Waals surface area contributed by atoms with Gasteiger partial charge in [0.1, 0.15) is 6.61 Å². The summed E-state index contributed by atoms with van der Waals surface area (Å²) >= 11 is 0. The lowest BCUT2D eigenvalue weighted by Crippen LogP contribution is -2.13. The number of aryl methyl sites for hydroxylation is 1. The van der Waals surface area contributed by atoms with Gasteiger partial charge in [-0.25, -0.2) is 15.0 Å². The number of nitrogens with two attached hydrogens (primary N) is 1. The van der Waals surface area contributed by atoms with Gasteiger partial charge in [0.05, 0.1) is 18.7 Å². The molecule has 130 valence electrons. The molecule has 3 rings (SSSR count). The Hall–Kier alpha value is -3.16. The van der Waals surface area contributed by atoms with E-state index < -0.39 is 0 Å². The first-order valence-electron chi connectivity index (χ1n) is 7.86. The molecule has 0 bridgehead atoms. The minimum atomic E-state index is -0.275. The minimum absolute atomic E-state index is 0.120. The minimum Gasteiger partial charge on any atom is -0.467 e. The first-order valence-corrected chi connectivity index (χ1v) is 7.86. The normalized spacial score (nSPS) is 16.0. The molecule has 0 saturated carbocycles. The zero-order valence-electron chi connectivity index (χ0n) is 13.8. The van der Waals surface area contributed by atoms with Gasteiger partial charge >= 0.3 is 6.01 Å². The van der Waals surface area contributed by atoms with Crippen LogP contribution in [0.3, 0.4) is 0 Å². The van der Waals surface area contributed by atoms with Crippen LogP contribution in [0.15, 0.2) is 41.7 Å². The molecule has 1 amide bonds. The van der Waals surface area contributed by atoms with Crippen molar-refractivity contribution in [2.45, 2.75) is 18.9 Å². The van der Waals surface area contributed by atoms with Crippen LogP contribution in [0.25, 0.3) is 0 Å². The molecule has 2 aromatic rings. The number of amidine groups is 1. The smallest absolute Gasteiger partial charge is 0.316 e. The second-order valence-electron chi connectivity index (χ2n) is 5.58. The van der Waals surface area contributed by atoms with Crippen molar-refractivity contribution in [1.82, 2.24) is 9.97 Å². The lowest BCUT2D eigenvalue weighted by atomic mass is 10.1. The van der Waals surface area contributed by atoms with E-state index in [1.807, 2.05) is 24.3 Å². The Morgan fingerprint density at radius 1 is 1.32 bits per heavy atom. The molecule has 8 nitrogen and oxygen atoms in total. The standard InChI is InChI=1S/C17H19N5O3/c1-24-17-19-8-12(9-20-17)15(23)21-13-5-2-11(3-6-13)4-7-14-10-25-16(18)22-14/h2-3,5-6,8-9,14H,4,7,10H2,1H3,(H2,18,22)(H,21,23)/t14-/m0/s1. The Kier molecular flexibility index (Phi) is 5.08. The maximum atomic E-state index is 12.2. The second-order valence-corrected chi connectivity index (χ2v) is 5.58. The van der Waals surface area contributed by atoms with E-state index in [0.29, 0.717) is 17.9 Å². The number of ether oxygens (including phenoxy) is 2. The topological polar surface area (TPSA) is 112 Å². The van der Waals surface area contributed by atoms with E-state index in [0.717, 1.165) is 18.4 Å². The largest absolute Gasteiger partial charge is 0.467 e. The van der Waals surface area contributed by atoms with Crippen molar-refractivity contribution in [2.24, 2.45) is 10.7 Å². The molecule has 3 N–H and O–H groups in total. The van der Waals surface area contributed by atoms with E-state index in [1.54, 1.807) is 0 Å². The fourth-order valence-electron chi connectivity index (χ4n) is 2.41. The van der Waals surface area contributed by atoms with Crippen LogP contribution in [0.5, 0.6) is 6.01 Å². The molecule has 0 fully saturated rings. The van der Waals surface area contributed by atoms with E-state index in [2.05, 4.69) is 20.3 Å². The number of hydrogen-bond acceptors (Lipinski definition) is 7. The predicted molar refractivity (Wildman–Crippen MR) is 92.7 cm³/mol. The van der Waals surface area contributed by atoms with E-state index in [4.69, 9.17) is 15.2 Å². The molecule has 1 aromatic carbocycles. The van der Waals surface area contributed by atoms with E-state index >= 15 is 0 Å². The second kappa shape index (κ2) is 7.61. The van der Waals surface area contributed by atoms with Crippen LogP contribution in [0.2, 0.25) is 0 Å². The van der Waals surface area contributed by atoms with Gasteiger partial charge in [0, 0.05) is 18.1 Å². The van der Waals surface area contributed by atoms with Crippen LogP contribution in [-0.4, -0.2) is 41.7 Å². The van der Waals surface area contributed by atoms with Crippen molar-refractivity contribution < 1.29 is 14.3 Å². The molecule has 0 unspecified atom stereocenters. The van der Waals surface area contributed by atoms with Gasteiger partial charge < -0.3 is 20.5 Å². The van der Waals surface area contributed by atoms with Gasteiger partial charge in [-0.05, 0) is 30.5 Å². The highest BCUT2D eigenvalue weighted by Crippen LogP contribution is 2.15. The Labute approximate surface area is 145 Å². The quantitative estimate of drug-likeness (QED) is 0.821. The van der Waals surface area contributed by atoms with Crippen LogP contribution in [0.4, 0.5) is 5.69 Å². The number of aliphatic imine (C=N–C) groups is 1.